The van der Waals surface area contributed by atoms with Crippen molar-refractivity contribution in [1.29, 1.82) is 0 Å². The number of nitrogens with zero attached hydrogens (tertiary/aromatic N) is 1. The van der Waals surface area contributed by atoms with Crippen molar-refractivity contribution in [3.05, 3.63) is 23.8 Å². The number of aliphatic hydroxyl groups is 2. The molecule has 2 atom stereocenters. The number of rotatable bonds is 5. The average Bonchev–Trinajstić information content (AvgIpc) is 2.70. The fourth-order valence-corrected chi connectivity index (χ4v) is 3.77. The first-order valence-corrected chi connectivity index (χ1v) is 9.31. The first kappa shape index (κ1) is 22.7. The van der Waals surface area contributed by atoms with Gasteiger partial charge in [-0.15, -0.1) is 12.4 Å². The highest BCUT2D eigenvalue weighted by Gasteiger charge is 2.48. The van der Waals surface area contributed by atoms with Crippen LogP contribution in [0, 0.1) is 0 Å². The van der Waals surface area contributed by atoms with Crippen LogP contribution in [0.15, 0.2) is 18.2 Å². The van der Waals surface area contributed by atoms with E-state index in [-0.39, 0.29) is 18.3 Å². The first-order chi connectivity index (χ1) is 13.0. The van der Waals surface area contributed by atoms with Crippen LogP contribution in [0.4, 0.5) is 0 Å². The van der Waals surface area contributed by atoms with Gasteiger partial charge in [-0.1, -0.05) is 0 Å². The predicted molar refractivity (Wildman–Crippen MR) is 105 cm³/mol. The number of carbonyl (C=O) groups is 1. The molecule has 1 aromatic rings. The Morgan fingerprint density at radius 1 is 1.36 bits per heavy atom. The number of ether oxygens (including phenoxy) is 3. The summed E-state index contributed by atoms with van der Waals surface area (Å²) in [4.78, 5) is 14.7. The SMILES string of the molecule is COc1ccc(C(=O)N2CCC3(CC2)OCC[C@H](O)[C@@H]3O)c(OCCN)c1.Cl. The topological polar surface area (TPSA) is 114 Å². The third-order valence-corrected chi connectivity index (χ3v) is 5.40. The Morgan fingerprint density at radius 2 is 2.07 bits per heavy atom. The average molecular weight is 417 g/mol. The molecule has 2 aliphatic rings. The van der Waals surface area contributed by atoms with Crippen molar-refractivity contribution in [2.45, 2.75) is 37.1 Å². The zero-order valence-electron chi connectivity index (χ0n) is 16.0. The van der Waals surface area contributed by atoms with E-state index in [9.17, 15) is 15.0 Å². The summed E-state index contributed by atoms with van der Waals surface area (Å²) in [7, 11) is 1.55. The van der Waals surface area contributed by atoms with E-state index in [0.717, 1.165) is 0 Å². The molecular weight excluding hydrogens is 388 g/mol. The number of aliphatic hydroxyl groups excluding tert-OH is 2. The van der Waals surface area contributed by atoms with E-state index in [1.54, 1.807) is 30.2 Å². The van der Waals surface area contributed by atoms with E-state index in [4.69, 9.17) is 19.9 Å². The minimum atomic E-state index is -0.923. The van der Waals surface area contributed by atoms with Crippen LogP contribution in [0.3, 0.4) is 0 Å². The number of halogens is 1. The Balaban J connectivity index is 0.00000280. The molecule has 8 nitrogen and oxygen atoms in total. The molecular formula is C19H29ClN2O6. The number of hydrogen-bond donors (Lipinski definition) is 3. The fourth-order valence-electron chi connectivity index (χ4n) is 3.77. The largest absolute Gasteiger partial charge is 0.497 e. The Labute approximate surface area is 171 Å². The normalized spacial score (nSPS) is 23.8. The van der Waals surface area contributed by atoms with Crippen molar-refractivity contribution in [1.82, 2.24) is 4.90 Å². The predicted octanol–water partition coefficient (Wildman–Crippen LogP) is 0.571. The van der Waals surface area contributed by atoms with Gasteiger partial charge in [-0.3, -0.25) is 4.79 Å². The molecule has 0 bridgehead atoms. The van der Waals surface area contributed by atoms with Crippen LogP contribution in [0.1, 0.15) is 29.6 Å². The number of nitrogens with two attached hydrogens (primary N) is 1. The third kappa shape index (κ3) is 4.52. The summed E-state index contributed by atoms with van der Waals surface area (Å²) in [5.74, 6) is 0.892. The Kier molecular flexibility index (Phi) is 7.91. The van der Waals surface area contributed by atoms with Gasteiger partial charge >= 0.3 is 0 Å². The van der Waals surface area contributed by atoms with E-state index in [1.165, 1.54) is 0 Å². The number of benzene rings is 1. The van der Waals surface area contributed by atoms with Gasteiger partial charge in [0.05, 0.1) is 31.0 Å². The van der Waals surface area contributed by atoms with E-state index >= 15 is 0 Å². The quantitative estimate of drug-likeness (QED) is 0.642. The number of amides is 1. The maximum absolute atomic E-state index is 13.0. The standard InChI is InChI=1S/C19H28N2O6.ClH/c1-25-13-2-3-14(16(12-13)26-11-7-20)18(24)21-8-5-19(6-9-21)17(23)15(22)4-10-27-19;/h2-3,12,15,17,22-23H,4-11,20H2,1H3;1H/t15-,17-;/m0./s1. The second-order valence-corrected chi connectivity index (χ2v) is 7.01. The Morgan fingerprint density at radius 3 is 2.71 bits per heavy atom. The zero-order valence-corrected chi connectivity index (χ0v) is 16.8. The maximum atomic E-state index is 13.0. The lowest BCUT2D eigenvalue weighted by atomic mass is 9.80. The summed E-state index contributed by atoms with van der Waals surface area (Å²) in [6, 6.07) is 5.09. The second kappa shape index (κ2) is 9.76. The molecule has 1 amide bonds. The molecule has 0 aromatic heterocycles. The molecule has 2 aliphatic heterocycles. The van der Waals surface area contributed by atoms with Crippen LogP contribution in [0.2, 0.25) is 0 Å². The number of methoxy groups -OCH3 is 1. The van der Waals surface area contributed by atoms with Crippen LogP contribution >= 0.6 is 12.4 Å². The number of likely N-dealkylation sites (tertiary alicyclic amines) is 1. The third-order valence-electron chi connectivity index (χ3n) is 5.40. The molecule has 0 aliphatic carbocycles. The molecule has 0 saturated carbocycles. The van der Waals surface area contributed by atoms with Gasteiger partial charge in [-0.05, 0) is 31.4 Å². The van der Waals surface area contributed by atoms with Gasteiger partial charge in [0.25, 0.3) is 5.91 Å². The minimum absolute atomic E-state index is 0. The Bertz CT molecular complexity index is 666. The second-order valence-electron chi connectivity index (χ2n) is 7.01. The smallest absolute Gasteiger partial charge is 0.257 e. The van der Waals surface area contributed by atoms with Crippen molar-refractivity contribution in [2.24, 2.45) is 5.73 Å². The first-order valence-electron chi connectivity index (χ1n) is 9.31. The van der Waals surface area contributed by atoms with Crippen LogP contribution in [-0.4, -0.2) is 78.8 Å². The van der Waals surface area contributed by atoms with Crippen LogP contribution in [0.5, 0.6) is 11.5 Å². The van der Waals surface area contributed by atoms with Crippen molar-refractivity contribution in [3.63, 3.8) is 0 Å². The molecule has 2 heterocycles. The van der Waals surface area contributed by atoms with Crippen molar-refractivity contribution >= 4 is 18.3 Å². The van der Waals surface area contributed by atoms with Gasteiger partial charge in [0.1, 0.15) is 24.2 Å². The van der Waals surface area contributed by atoms with Gasteiger partial charge in [0, 0.05) is 25.7 Å². The molecule has 9 heteroatoms. The summed E-state index contributed by atoms with van der Waals surface area (Å²) < 4.78 is 16.7. The van der Waals surface area contributed by atoms with Crippen LogP contribution < -0.4 is 15.2 Å². The molecule has 2 saturated heterocycles. The zero-order chi connectivity index (χ0) is 19.4. The summed E-state index contributed by atoms with van der Waals surface area (Å²) in [5, 5.41) is 20.3. The van der Waals surface area contributed by atoms with Gasteiger partial charge in [0.2, 0.25) is 0 Å². The highest BCUT2D eigenvalue weighted by molar-refractivity contribution is 5.97. The van der Waals surface area contributed by atoms with Gasteiger partial charge in [-0.25, -0.2) is 0 Å². The van der Waals surface area contributed by atoms with Crippen LogP contribution in [-0.2, 0) is 4.74 Å². The molecule has 2 fully saturated rings. The molecule has 3 rings (SSSR count). The van der Waals surface area contributed by atoms with Crippen molar-refractivity contribution < 1.29 is 29.2 Å². The van der Waals surface area contributed by atoms with Gasteiger partial charge < -0.3 is 35.1 Å². The van der Waals surface area contributed by atoms with E-state index in [0.29, 0.717) is 69.2 Å². The molecule has 1 aromatic carbocycles. The van der Waals surface area contributed by atoms with E-state index in [1.807, 2.05) is 0 Å². The number of carbonyl (C=O) groups excluding carboxylic acids is 1. The lowest BCUT2D eigenvalue weighted by Gasteiger charge is -2.48. The van der Waals surface area contributed by atoms with E-state index in [2.05, 4.69) is 0 Å². The summed E-state index contributed by atoms with van der Waals surface area (Å²) in [5.41, 5.74) is 5.19. The Hall–Kier alpha value is -1.58. The summed E-state index contributed by atoms with van der Waals surface area (Å²) in [6.07, 6.45) is -0.316. The summed E-state index contributed by atoms with van der Waals surface area (Å²) >= 11 is 0. The summed E-state index contributed by atoms with van der Waals surface area (Å²) in [6.45, 7) is 1.93. The van der Waals surface area contributed by atoms with Crippen molar-refractivity contribution in [2.75, 3.05) is 40.0 Å². The molecule has 1 spiro atoms. The highest BCUT2D eigenvalue weighted by atomic mass is 35.5. The monoisotopic (exact) mass is 416 g/mol. The lowest BCUT2D eigenvalue weighted by Crippen LogP contribution is -2.60. The highest BCUT2D eigenvalue weighted by Crippen LogP contribution is 2.36. The van der Waals surface area contributed by atoms with Gasteiger partial charge in [-0.2, -0.15) is 0 Å². The maximum Gasteiger partial charge on any atom is 0.257 e. The molecule has 158 valence electrons. The molecule has 0 unspecified atom stereocenters. The fraction of sp³-hybridized carbons (Fsp3) is 0.632. The molecule has 4 N–H and O–H groups in total. The lowest BCUT2D eigenvalue weighted by molar-refractivity contribution is -0.212. The van der Waals surface area contributed by atoms with Crippen LogP contribution in [0.25, 0.3) is 0 Å². The minimum Gasteiger partial charge on any atom is -0.497 e. The molecule has 28 heavy (non-hydrogen) atoms. The number of hydrogen-bond acceptors (Lipinski definition) is 7. The van der Waals surface area contributed by atoms with E-state index < -0.39 is 17.8 Å². The van der Waals surface area contributed by atoms with Gasteiger partial charge in [0.15, 0.2) is 0 Å². The van der Waals surface area contributed by atoms with Crippen molar-refractivity contribution in [3.8, 4) is 11.5 Å². The number of piperidine rings is 1. The molecule has 0 radical (unpaired) electrons.